The number of rotatable bonds is 4. The highest BCUT2D eigenvalue weighted by molar-refractivity contribution is 7.18. The van der Waals surface area contributed by atoms with Gasteiger partial charge in [0, 0.05) is 4.88 Å². The Morgan fingerprint density at radius 3 is 2.58 bits per heavy atom. The predicted octanol–water partition coefficient (Wildman–Crippen LogP) is 2.63. The van der Waals surface area contributed by atoms with Gasteiger partial charge in [0.05, 0.1) is 23.9 Å². The van der Waals surface area contributed by atoms with Crippen molar-refractivity contribution in [2.45, 2.75) is 52.7 Å². The third-order valence-electron chi connectivity index (χ3n) is 3.94. The molecule has 0 amide bonds. The smallest absolute Gasteiger partial charge is 0.262 e. The van der Waals surface area contributed by atoms with Crippen LogP contribution in [-0.4, -0.2) is 20.3 Å². The Morgan fingerprint density at radius 2 is 2.00 bits per heavy atom. The Morgan fingerprint density at radius 1 is 1.37 bits per heavy atom. The number of aliphatic hydroxyl groups is 1. The van der Waals surface area contributed by atoms with Crippen molar-refractivity contribution < 1.29 is 5.11 Å². The van der Waals surface area contributed by atoms with Crippen LogP contribution in [0.4, 0.5) is 0 Å². The summed E-state index contributed by atoms with van der Waals surface area (Å²) < 4.78 is 1.54. The van der Waals surface area contributed by atoms with Crippen LogP contribution in [0.1, 0.15) is 37.1 Å². The zero-order valence-corrected chi connectivity index (χ0v) is 12.7. The van der Waals surface area contributed by atoms with Gasteiger partial charge in [-0.2, -0.15) is 0 Å². The van der Waals surface area contributed by atoms with Gasteiger partial charge in [0.2, 0.25) is 0 Å². The number of aromatic nitrogens is 2. The highest BCUT2D eigenvalue weighted by atomic mass is 32.1. The van der Waals surface area contributed by atoms with Crippen molar-refractivity contribution in [2.24, 2.45) is 0 Å². The molecular weight excluding hydrogens is 260 g/mol. The molecule has 2 aromatic rings. The molecule has 2 aromatic heterocycles. The SMILES string of the molecule is CCC(O)(CC)Cn1cnc2sc(C)c(C)c2c1=O. The second-order valence-electron chi connectivity index (χ2n) is 5.07. The summed E-state index contributed by atoms with van der Waals surface area (Å²) in [6, 6.07) is 0. The lowest BCUT2D eigenvalue weighted by Gasteiger charge is -2.25. The quantitative estimate of drug-likeness (QED) is 0.936. The first-order valence-corrected chi connectivity index (χ1v) is 7.41. The Bertz CT molecular complexity index is 653. The first-order valence-electron chi connectivity index (χ1n) is 6.59. The molecule has 0 saturated heterocycles. The van der Waals surface area contributed by atoms with E-state index >= 15 is 0 Å². The Kier molecular flexibility index (Phi) is 3.78. The first kappa shape index (κ1) is 14.2. The first-order chi connectivity index (χ1) is 8.91. The average Bonchev–Trinajstić information content (AvgIpc) is 2.69. The minimum atomic E-state index is -0.835. The summed E-state index contributed by atoms with van der Waals surface area (Å²) in [6.45, 7) is 8.12. The van der Waals surface area contributed by atoms with Crippen molar-refractivity contribution in [1.82, 2.24) is 9.55 Å². The van der Waals surface area contributed by atoms with E-state index in [-0.39, 0.29) is 5.56 Å². The molecule has 0 fully saturated rings. The second kappa shape index (κ2) is 5.06. The molecule has 0 saturated carbocycles. The van der Waals surface area contributed by atoms with Crippen LogP contribution < -0.4 is 5.56 Å². The molecule has 0 atom stereocenters. The fraction of sp³-hybridized carbons (Fsp3) is 0.571. The summed E-state index contributed by atoms with van der Waals surface area (Å²) in [4.78, 5) is 18.7. The lowest BCUT2D eigenvalue weighted by Crippen LogP contribution is -2.37. The van der Waals surface area contributed by atoms with Gasteiger partial charge in [-0.15, -0.1) is 11.3 Å². The van der Waals surface area contributed by atoms with Crippen molar-refractivity contribution in [3.05, 3.63) is 27.1 Å². The summed E-state index contributed by atoms with van der Waals surface area (Å²) in [5.74, 6) is 0. The Labute approximate surface area is 116 Å². The van der Waals surface area contributed by atoms with Gasteiger partial charge in [-0.3, -0.25) is 9.36 Å². The van der Waals surface area contributed by atoms with Crippen LogP contribution in [0.5, 0.6) is 0 Å². The largest absolute Gasteiger partial charge is 0.388 e. The Hall–Kier alpha value is -1.20. The van der Waals surface area contributed by atoms with E-state index in [4.69, 9.17) is 0 Å². The van der Waals surface area contributed by atoms with Gasteiger partial charge < -0.3 is 5.11 Å². The van der Waals surface area contributed by atoms with Crippen LogP contribution in [-0.2, 0) is 6.54 Å². The molecule has 0 radical (unpaired) electrons. The maximum Gasteiger partial charge on any atom is 0.262 e. The van der Waals surface area contributed by atoms with Crippen molar-refractivity contribution in [3.63, 3.8) is 0 Å². The maximum atomic E-state index is 12.5. The molecule has 5 heteroatoms. The van der Waals surface area contributed by atoms with E-state index in [1.165, 1.54) is 4.57 Å². The molecule has 19 heavy (non-hydrogen) atoms. The molecule has 0 spiro atoms. The number of hydrogen-bond donors (Lipinski definition) is 1. The molecule has 0 unspecified atom stereocenters. The third-order valence-corrected chi connectivity index (χ3v) is 5.05. The standard InChI is InChI=1S/C14H20N2O2S/c1-5-14(18,6-2)7-16-8-15-12-11(13(16)17)9(3)10(4)19-12/h8,18H,5-7H2,1-4H3. The normalized spacial score (nSPS) is 12.3. The number of fused-ring (bicyclic) bond motifs is 1. The molecule has 0 aliphatic carbocycles. The highest BCUT2D eigenvalue weighted by Crippen LogP contribution is 2.26. The van der Waals surface area contributed by atoms with E-state index in [1.54, 1.807) is 17.7 Å². The zero-order valence-electron chi connectivity index (χ0n) is 11.9. The number of hydrogen-bond acceptors (Lipinski definition) is 4. The number of nitrogens with zero attached hydrogens (tertiary/aromatic N) is 2. The average molecular weight is 280 g/mol. The van der Waals surface area contributed by atoms with Gasteiger partial charge in [0.25, 0.3) is 5.56 Å². The van der Waals surface area contributed by atoms with Crippen LogP contribution in [0.25, 0.3) is 10.2 Å². The summed E-state index contributed by atoms with van der Waals surface area (Å²) in [7, 11) is 0. The van der Waals surface area contributed by atoms with E-state index in [1.807, 2.05) is 27.7 Å². The molecule has 0 aliphatic rings. The van der Waals surface area contributed by atoms with Crippen LogP contribution in [0.2, 0.25) is 0 Å². The molecule has 0 aromatic carbocycles. The molecule has 1 N–H and O–H groups in total. The number of thiophene rings is 1. The zero-order chi connectivity index (χ0) is 14.2. The van der Waals surface area contributed by atoms with Gasteiger partial charge in [0.1, 0.15) is 4.83 Å². The summed E-state index contributed by atoms with van der Waals surface area (Å²) in [5.41, 5.74) is 0.119. The lowest BCUT2D eigenvalue weighted by molar-refractivity contribution is 0.0140. The fourth-order valence-corrected chi connectivity index (χ4v) is 3.16. The fourth-order valence-electron chi connectivity index (χ4n) is 2.17. The minimum absolute atomic E-state index is 0.0489. The van der Waals surface area contributed by atoms with Gasteiger partial charge in [-0.25, -0.2) is 4.98 Å². The summed E-state index contributed by atoms with van der Waals surface area (Å²) >= 11 is 1.54. The molecule has 0 bridgehead atoms. The van der Waals surface area contributed by atoms with E-state index in [0.29, 0.717) is 24.8 Å². The van der Waals surface area contributed by atoms with E-state index in [2.05, 4.69) is 4.98 Å². The van der Waals surface area contributed by atoms with Crippen molar-refractivity contribution in [1.29, 1.82) is 0 Å². The van der Waals surface area contributed by atoms with Crippen LogP contribution in [0, 0.1) is 13.8 Å². The van der Waals surface area contributed by atoms with Gasteiger partial charge in [0.15, 0.2) is 0 Å². The van der Waals surface area contributed by atoms with Crippen LogP contribution >= 0.6 is 11.3 Å². The lowest BCUT2D eigenvalue weighted by atomic mass is 9.97. The number of aryl methyl sites for hydroxylation is 2. The Balaban J connectivity index is 2.55. The van der Waals surface area contributed by atoms with E-state index < -0.39 is 5.60 Å². The topological polar surface area (TPSA) is 55.1 Å². The molecule has 2 rings (SSSR count). The van der Waals surface area contributed by atoms with Gasteiger partial charge in [-0.05, 0) is 32.3 Å². The monoisotopic (exact) mass is 280 g/mol. The van der Waals surface area contributed by atoms with E-state index in [9.17, 15) is 9.90 Å². The van der Waals surface area contributed by atoms with E-state index in [0.717, 1.165) is 15.3 Å². The molecule has 2 heterocycles. The van der Waals surface area contributed by atoms with Crippen LogP contribution in [0.3, 0.4) is 0 Å². The van der Waals surface area contributed by atoms with Crippen molar-refractivity contribution >= 4 is 21.6 Å². The molecule has 0 aliphatic heterocycles. The van der Waals surface area contributed by atoms with Gasteiger partial charge >= 0.3 is 0 Å². The maximum absolute atomic E-state index is 12.5. The van der Waals surface area contributed by atoms with Gasteiger partial charge in [-0.1, -0.05) is 13.8 Å². The molecule has 104 valence electrons. The predicted molar refractivity (Wildman–Crippen MR) is 78.9 cm³/mol. The summed E-state index contributed by atoms with van der Waals surface area (Å²) in [5, 5.41) is 11.1. The molecule has 4 nitrogen and oxygen atoms in total. The minimum Gasteiger partial charge on any atom is -0.388 e. The van der Waals surface area contributed by atoms with Crippen molar-refractivity contribution in [3.8, 4) is 0 Å². The van der Waals surface area contributed by atoms with Crippen molar-refractivity contribution in [2.75, 3.05) is 0 Å². The van der Waals surface area contributed by atoms with Crippen LogP contribution in [0.15, 0.2) is 11.1 Å². The second-order valence-corrected chi connectivity index (χ2v) is 6.28. The highest BCUT2D eigenvalue weighted by Gasteiger charge is 2.24. The third kappa shape index (κ3) is 2.44. The summed E-state index contributed by atoms with van der Waals surface area (Å²) in [6.07, 6.45) is 2.79. The molecular formula is C14H20N2O2S.